The molecule has 0 amide bonds. The summed E-state index contributed by atoms with van der Waals surface area (Å²) in [6, 6.07) is 7.79. The number of aliphatic hydroxyl groups excluding tert-OH is 1. The molecule has 0 saturated heterocycles. The molecule has 0 aliphatic heterocycles. The first-order valence-electron chi connectivity index (χ1n) is 8.48. The van der Waals surface area contributed by atoms with E-state index in [0.29, 0.717) is 12.8 Å². The number of aryl methyl sites for hydroxylation is 1. The number of hydrogen-bond donors (Lipinski definition) is 1. The van der Waals surface area contributed by atoms with Crippen LogP contribution in [0.5, 0.6) is 5.75 Å². The van der Waals surface area contributed by atoms with E-state index in [1.54, 1.807) is 7.11 Å². The summed E-state index contributed by atoms with van der Waals surface area (Å²) in [6.45, 7) is 2.19. The number of Topliss-reactive ketones (excluding diaryl/α,β-unsaturated/α-hetero) is 1. The highest BCUT2D eigenvalue weighted by atomic mass is 16.5. The van der Waals surface area contributed by atoms with Crippen molar-refractivity contribution in [2.45, 2.75) is 70.8 Å². The number of carbonyl (C=O) groups is 1. The zero-order valence-electron chi connectivity index (χ0n) is 14.0. The van der Waals surface area contributed by atoms with Crippen molar-refractivity contribution in [2.24, 2.45) is 0 Å². The number of ketones is 1. The summed E-state index contributed by atoms with van der Waals surface area (Å²) in [6.07, 6.45) is 7.65. The Labute approximate surface area is 134 Å². The van der Waals surface area contributed by atoms with Crippen molar-refractivity contribution in [3.8, 4) is 5.75 Å². The Balaban J connectivity index is 2.19. The summed E-state index contributed by atoms with van der Waals surface area (Å²) < 4.78 is 5.17. The van der Waals surface area contributed by atoms with Crippen LogP contribution in [0.15, 0.2) is 24.3 Å². The second-order valence-corrected chi connectivity index (χ2v) is 5.95. The van der Waals surface area contributed by atoms with Gasteiger partial charge in [0.1, 0.15) is 11.5 Å². The van der Waals surface area contributed by atoms with Gasteiger partial charge in [-0.15, -0.1) is 0 Å². The SMILES string of the molecule is CCCCCCCC(O)CC(=O)CCc1cccc(OC)c1. The average molecular weight is 306 g/mol. The van der Waals surface area contributed by atoms with Gasteiger partial charge in [-0.3, -0.25) is 4.79 Å². The van der Waals surface area contributed by atoms with E-state index in [0.717, 1.165) is 30.6 Å². The highest BCUT2D eigenvalue weighted by molar-refractivity contribution is 5.79. The molecule has 1 aromatic carbocycles. The molecule has 22 heavy (non-hydrogen) atoms. The normalized spacial score (nSPS) is 12.1. The van der Waals surface area contributed by atoms with Crippen LogP contribution in [-0.4, -0.2) is 24.1 Å². The van der Waals surface area contributed by atoms with E-state index in [1.807, 2.05) is 24.3 Å². The molecule has 0 bridgehead atoms. The van der Waals surface area contributed by atoms with Crippen LogP contribution in [0.2, 0.25) is 0 Å². The van der Waals surface area contributed by atoms with Crippen LogP contribution in [0, 0.1) is 0 Å². The fourth-order valence-corrected chi connectivity index (χ4v) is 2.56. The Hall–Kier alpha value is -1.35. The second-order valence-electron chi connectivity index (χ2n) is 5.95. The van der Waals surface area contributed by atoms with Gasteiger partial charge in [0.2, 0.25) is 0 Å². The van der Waals surface area contributed by atoms with Gasteiger partial charge in [0.15, 0.2) is 0 Å². The third-order valence-corrected chi connectivity index (χ3v) is 3.93. The average Bonchev–Trinajstić information content (AvgIpc) is 2.53. The summed E-state index contributed by atoms with van der Waals surface area (Å²) in [4.78, 5) is 11.9. The van der Waals surface area contributed by atoms with Gasteiger partial charge in [0.05, 0.1) is 13.2 Å². The molecule has 1 rings (SSSR count). The summed E-state index contributed by atoms with van der Waals surface area (Å²) in [5, 5.41) is 9.91. The Bertz CT molecular complexity index is 428. The molecule has 3 heteroatoms. The highest BCUT2D eigenvalue weighted by Crippen LogP contribution is 2.15. The monoisotopic (exact) mass is 306 g/mol. The van der Waals surface area contributed by atoms with Gasteiger partial charge >= 0.3 is 0 Å². The van der Waals surface area contributed by atoms with Gasteiger partial charge in [-0.1, -0.05) is 51.2 Å². The Morgan fingerprint density at radius 2 is 2.00 bits per heavy atom. The maximum atomic E-state index is 11.9. The quantitative estimate of drug-likeness (QED) is 0.585. The Morgan fingerprint density at radius 3 is 2.73 bits per heavy atom. The van der Waals surface area contributed by atoms with E-state index in [4.69, 9.17) is 4.74 Å². The van der Waals surface area contributed by atoms with Crippen molar-refractivity contribution in [2.75, 3.05) is 7.11 Å². The molecule has 0 aromatic heterocycles. The number of carbonyl (C=O) groups excluding carboxylic acids is 1. The molecule has 1 unspecified atom stereocenters. The number of unbranched alkanes of at least 4 members (excludes halogenated alkanes) is 4. The Morgan fingerprint density at radius 1 is 1.23 bits per heavy atom. The molecule has 0 heterocycles. The molecule has 0 radical (unpaired) electrons. The number of aliphatic hydroxyl groups is 1. The van der Waals surface area contributed by atoms with Crippen molar-refractivity contribution in [1.82, 2.24) is 0 Å². The number of benzene rings is 1. The number of rotatable bonds is 12. The predicted octanol–water partition coefficient (Wildman–Crippen LogP) is 4.31. The molecule has 3 nitrogen and oxygen atoms in total. The van der Waals surface area contributed by atoms with E-state index >= 15 is 0 Å². The lowest BCUT2D eigenvalue weighted by atomic mass is 10.0. The van der Waals surface area contributed by atoms with E-state index in [2.05, 4.69) is 6.92 Å². The van der Waals surface area contributed by atoms with E-state index < -0.39 is 6.10 Å². The van der Waals surface area contributed by atoms with Gasteiger partial charge < -0.3 is 9.84 Å². The second kappa shape index (κ2) is 11.2. The van der Waals surface area contributed by atoms with Gasteiger partial charge in [-0.25, -0.2) is 0 Å². The molecule has 0 aliphatic rings. The first-order chi connectivity index (χ1) is 10.7. The van der Waals surface area contributed by atoms with Gasteiger partial charge in [-0.05, 0) is 30.5 Å². The highest BCUT2D eigenvalue weighted by Gasteiger charge is 2.11. The van der Waals surface area contributed by atoms with Crippen molar-refractivity contribution < 1.29 is 14.6 Å². The van der Waals surface area contributed by atoms with E-state index in [9.17, 15) is 9.90 Å². The lowest BCUT2D eigenvalue weighted by Gasteiger charge is -2.10. The van der Waals surface area contributed by atoms with E-state index in [-0.39, 0.29) is 12.2 Å². The van der Waals surface area contributed by atoms with Gasteiger partial charge in [0, 0.05) is 12.8 Å². The molecular weight excluding hydrogens is 276 g/mol. The van der Waals surface area contributed by atoms with E-state index in [1.165, 1.54) is 19.3 Å². The smallest absolute Gasteiger partial charge is 0.135 e. The fourth-order valence-electron chi connectivity index (χ4n) is 2.56. The third-order valence-electron chi connectivity index (χ3n) is 3.93. The van der Waals surface area contributed by atoms with Crippen LogP contribution in [0.3, 0.4) is 0 Å². The number of ether oxygens (including phenoxy) is 1. The van der Waals surface area contributed by atoms with Crippen molar-refractivity contribution in [1.29, 1.82) is 0 Å². The Kier molecular flexibility index (Phi) is 9.56. The molecule has 124 valence electrons. The van der Waals surface area contributed by atoms with Crippen LogP contribution in [0.1, 0.15) is 63.9 Å². The van der Waals surface area contributed by atoms with Crippen LogP contribution in [-0.2, 0) is 11.2 Å². The first-order valence-corrected chi connectivity index (χ1v) is 8.48. The van der Waals surface area contributed by atoms with Crippen molar-refractivity contribution in [3.63, 3.8) is 0 Å². The maximum Gasteiger partial charge on any atom is 0.135 e. The molecule has 0 spiro atoms. The van der Waals surface area contributed by atoms with Crippen molar-refractivity contribution in [3.05, 3.63) is 29.8 Å². The molecule has 0 saturated carbocycles. The number of methoxy groups -OCH3 is 1. The molecule has 1 N–H and O–H groups in total. The first kappa shape index (κ1) is 18.7. The fraction of sp³-hybridized carbons (Fsp3) is 0.632. The van der Waals surface area contributed by atoms with Gasteiger partial charge in [0.25, 0.3) is 0 Å². The zero-order chi connectivity index (χ0) is 16.2. The minimum absolute atomic E-state index is 0.142. The van der Waals surface area contributed by atoms with Crippen LogP contribution < -0.4 is 4.74 Å². The lowest BCUT2D eigenvalue weighted by Crippen LogP contribution is -2.13. The van der Waals surface area contributed by atoms with Crippen LogP contribution >= 0.6 is 0 Å². The lowest BCUT2D eigenvalue weighted by molar-refractivity contribution is -0.121. The molecular formula is C19H30O3. The van der Waals surface area contributed by atoms with Crippen LogP contribution in [0.4, 0.5) is 0 Å². The summed E-state index contributed by atoms with van der Waals surface area (Å²) >= 11 is 0. The summed E-state index contributed by atoms with van der Waals surface area (Å²) in [7, 11) is 1.64. The van der Waals surface area contributed by atoms with Crippen molar-refractivity contribution >= 4 is 5.78 Å². The predicted molar refractivity (Wildman–Crippen MR) is 90.3 cm³/mol. The third kappa shape index (κ3) is 8.18. The zero-order valence-corrected chi connectivity index (χ0v) is 14.0. The maximum absolute atomic E-state index is 11.9. The summed E-state index contributed by atoms with van der Waals surface area (Å²) in [5.41, 5.74) is 1.10. The summed E-state index contributed by atoms with van der Waals surface area (Å²) in [5.74, 6) is 0.959. The standard InChI is InChI=1S/C19H30O3/c1-3-4-5-6-7-10-17(20)15-18(21)13-12-16-9-8-11-19(14-16)22-2/h8-9,11,14,17,20H,3-7,10,12-13,15H2,1-2H3. The topological polar surface area (TPSA) is 46.5 Å². The largest absolute Gasteiger partial charge is 0.497 e. The number of hydrogen-bond acceptors (Lipinski definition) is 3. The molecule has 0 aliphatic carbocycles. The molecule has 1 aromatic rings. The molecule has 0 fully saturated rings. The van der Waals surface area contributed by atoms with Crippen LogP contribution in [0.25, 0.3) is 0 Å². The van der Waals surface area contributed by atoms with Gasteiger partial charge in [-0.2, -0.15) is 0 Å². The minimum Gasteiger partial charge on any atom is -0.497 e. The minimum atomic E-state index is -0.473. The molecule has 1 atom stereocenters.